The van der Waals surface area contributed by atoms with Gasteiger partial charge in [0.1, 0.15) is 11.6 Å². The molecule has 0 spiro atoms. The second-order valence-corrected chi connectivity index (χ2v) is 12.7. The summed E-state index contributed by atoms with van der Waals surface area (Å²) >= 11 is 0. The molecule has 0 aliphatic carbocycles. The number of hydrogen-bond donors (Lipinski definition) is 0. The van der Waals surface area contributed by atoms with E-state index < -0.39 is 0 Å². The van der Waals surface area contributed by atoms with Gasteiger partial charge in [0.05, 0.1) is 22.4 Å². The quantitative estimate of drug-likeness (QED) is 0.170. The van der Waals surface area contributed by atoms with Crippen LogP contribution in [-0.4, -0.2) is 9.97 Å². The van der Waals surface area contributed by atoms with Crippen LogP contribution in [0.2, 0.25) is 0 Å². The van der Waals surface area contributed by atoms with E-state index in [-0.39, 0.29) is 0 Å². The Labute approximate surface area is 289 Å². The maximum Gasteiger partial charge on any atom is 0.138 e. The molecule has 234 valence electrons. The Morgan fingerprint density at radius 2 is 0.680 bits per heavy atom. The molecule has 0 N–H and O–H groups in total. The molecule has 0 unspecified atom stereocenters. The highest BCUT2D eigenvalue weighted by Gasteiger charge is 2.22. The standard InChI is InChI=1S/C46H30N4/c1-3-13-35(14-4-1)49(43-29-23-31-11-7-9-17-39(31)47-43)41-27-21-33-20-26-38-42(28-22-34-19-25-37(41)45(33)46(34)38)50(36-15-5-2-6-16-36)44-30-24-32-12-8-10-18-40(32)48-44/h1-30H. The Bertz CT molecular complexity index is 2630. The second-order valence-electron chi connectivity index (χ2n) is 12.7. The van der Waals surface area contributed by atoms with E-state index in [1.54, 1.807) is 0 Å². The van der Waals surface area contributed by atoms with E-state index in [0.29, 0.717) is 0 Å². The monoisotopic (exact) mass is 638 g/mol. The molecule has 0 radical (unpaired) electrons. The van der Waals surface area contributed by atoms with Crippen molar-refractivity contribution in [2.45, 2.75) is 0 Å². The maximum atomic E-state index is 5.18. The van der Waals surface area contributed by atoms with Crippen LogP contribution in [0.3, 0.4) is 0 Å². The second kappa shape index (κ2) is 11.4. The molecule has 0 aliphatic heterocycles. The number of hydrogen-bond acceptors (Lipinski definition) is 4. The molecule has 4 nitrogen and oxygen atoms in total. The van der Waals surface area contributed by atoms with Crippen LogP contribution in [0.25, 0.3) is 54.1 Å². The molecule has 2 heterocycles. The molecule has 0 fully saturated rings. The summed E-state index contributed by atoms with van der Waals surface area (Å²) in [6.45, 7) is 0. The predicted molar refractivity (Wildman–Crippen MR) is 210 cm³/mol. The van der Waals surface area contributed by atoms with Gasteiger partial charge in [0, 0.05) is 32.9 Å². The minimum absolute atomic E-state index is 0.878. The zero-order chi connectivity index (χ0) is 33.0. The number of benzene rings is 8. The van der Waals surface area contributed by atoms with E-state index in [0.717, 1.165) is 56.2 Å². The molecule has 8 aromatic carbocycles. The van der Waals surface area contributed by atoms with E-state index >= 15 is 0 Å². The lowest BCUT2D eigenvalue weighted by atomic mass is 9.92. The SMILES string of the molecule is c1ccc(N(c2ccc3ccccc3n2)c2ccc3ccc4c(N(c5ccccc5)c5ccc6ccccc6n5)ccc5ccc2c3c54)cc1. The first-order valence-corrected chi connectivity index (χ1v) is 16.9. The largest absolute Gasteiger partial charge is 0.294 e. The van der Waals surface area contributed by atoms with Crippen LogP contribution in [-0.2, 0) is 0 Å². The molecule has 0 atom stereocenters. The number of pyridine rings is 2. The average Bonchev–Trinajstić information content (AvgIpc) is 3.19. The molecular weight excluding hydrogens is 609 g/mol. The van der Waals surface area contributed by atoms with Crippen LogP contribution in [0.15, 0.2) is 182 Å². The first-order valence-electron chi connectivity index (χ1n) is 16.9. The first-order chi connectivity index (χ1) is 24.8. The van der Waals surface area contributed by atoms with Crippen LogP contribution in [0, 0.1) is 0 Å². The van der Waals surface area contributed by atoms with Gasteiger partial charge in [-0.3, -0.25) is 9.80 Å². The van der Waals surface area contributed by atoms with E-state index in [1.165, 1.54) is 32.3 Å². The highest BCUT2D eigenvalue weighted by atomic mass is 15.2. The third-order valence-corrected chi connectivity index (χ3v) is 9.75. The Morgan fingerprint density at radius 3 is 1.14 bits per heavy atom. The van der Waals surface area contributed by atoms with Crippen LogP contribution in [0.4, 0.5) is 34.4 Å². The van der Waals surface area contributed by atoms with Gasteiger partial charge in [-0.1, -0.05) is 109 Å². The molecule has 0 saturated heterocycles. The zero-order valence-electron chi connectivity index (χ0n) is 27.1. The third kappa shape index (κ3) is 4.54. The molecule has 10 rings (SSSR count). The van der Waals surface area contributed by atoms with Crippen LogP contribution >= 0.6 is 0 Å². The van der Waals surface area contributed by atoms with Crippen molar-refractivity contribution < 1.29 is 0 Å². The molecule has 4 heteroatoms. The lowest BCUT2D eigenvalue weighted by Crippen LogP contribution is -2.13. The van der Waals surface area contributed by atoms with Gasteiger partial charge in [-0.05, 0) is 94.3 Å². The van der Waals surface area contributed by atoms with Crippen molar-refractivity contribution in [1.29, 1.82) is 0 Å². The van der Waals surface area contributed by atoms with Gasteiger partial charge in [-0.15, -0.1) is 0 Å². The topological polar surface area (TPSA) is 32.3 Å². The van der Waals surface area contributed by atoms with Gasteiger partial charge in [0.15, 0.2) is 0 Å². The van der Waals surface area contributed by atoms with Crippen molar-refractivity contribution in [3.05, 3.63) is 182 Å². The number of para-hydroxylation sites is 4. The lowest BCUT2D eigenvalue weighted by molar-refractivity contribution is 1.22. The molecule has 0 amide bonds. The van der Waals surface area contributed by atoms with Crippen molar-refractivity contribution in [3.63, 3.8) is 0 Å². The highest BCUT2D eigenvalue weighted by Crippen LogP contribution is 2.47. The summed E-state index contributed by atoms with van der Waals surface area (Å²) in [5.74, 6) is 1.76. The molecular formula is C46H30N4. The van der Waals surface area contributed by atoms with E-state index in [4.69, 9.17) is 9.97 Å². The zero-order valence-corrected chi connectivity index (χ0v) is 27.1. The first kappa shape index (κ1) is 28.3. The van der Waals surface area contributed by atoms with E-state index in [2.05, 4.69) is 180 Å². The summed E-state index contributed by atoms with van der Waals surface area (Å²) in [7, 11) is 0. The fourth-order valence-corrected chi connectivity index (χ4v) is 7.46. The molecule has 0 saturated carbocycles. The summed E-state index contributed by atoms with van der Waals surface area (Å²) in [4.78, 5) is 14.9. The minimum atomic E-state index is 0.878. The van der Waals surface area contributed by atoms with Gasteiger partial charge in [-0.2, -0.15) is 0 Å². The third-order valence-electron chi connectivity index (χ3n) is 9.75. The van der Waals surface area contributed by atoms with Gasteiger partial charge >= 0.3 is 0 Å². The predicted octanol–water partition coefficient (Wildman–Crippen LogP) is 12.6. The Hall–Kier alpha value is -6.78. The summed E-state index contributed by atoms with van der Waals surface area (Å²) in [6.07, 6.45) is 0. The van der Waals surface area contributed by atoms with Gasteiger partial charge in [-0.25, -0.2) is 9.97 Å². The Balaban J connectivity index is 1.23. The number of rotatable bonds is 6. The maximum absolute atomic E-state index is 5.18. The van der Waals surface area contributed by atoms with Crippen molar-refractivity contribution in [2.75, 3.05) is 9.80 Å². The molecule has 50 heavy (non-hydrogen) atoms. The number of nitrogens with zero attached hydrogens (tertiary/aromatic N) is 4. The average molecular weight is 639 g/mol. The van der Waals surface area contributed by atoms with Crippen LogP contribution < -0.4 is 9.80 Å². The molecule has 0 aliphatic rings. The molecule has 10 aromatic rings. The lowest BCUT2D eigenvalue weighted by Gasteiger charge is -2.28. The fourth-order valence-electron chi connectivity index (χ4n) is 7.46. The van der Waals surface area contributed by atoms with Crippen LogP contribution in [0.1, 0.15) is 0 Å². The van der Waals surface area contributed by atoms with Crippen molar-refractivity contribution in [2.24, 2.45) is 0 Å². The minimum Gasteiger partial charge on any atom is -0.294 e. The van der Waals surface area contributed by atoms with Crippen molar-refractivity contribution in [1.82, 2.24) is 9.97 Å². The van der Waals surface area contributed by atoms with Crippen molar-refractivity contribution >= 4 is 88.5 Å². The summed E-state index contributed by atoms with van der Waals surface area (Å²) < 4.78 is 0. The summed E-state index contributed by atoms with van der Waals surface area (Å²) in [6, 6.07) is 64.3. The Morgan fingerprint density at radius 1 is 0.300 bits per heavy atom. The van der Waals surface area contributed by atoms with E-state index in [1.807, 2.05) is 12.1 Å². The van der Waals surface area contributed by atoms with Gasteiger partial charge < -0.3 is 0 Å². The number of aromatic nitrogens is 2. The van der Waals surface area contributed by atoms with Crippen LogP contribution in [0.5, 0.6) is 0 Å². The normalized spacial score (nSPS) is 11.6. The number of fused-ring (bicyclic) bond motifs is 2. The Kier molecular flexibility index (Phi) is 6.46. The van der Waals surface area contributed by atoms with Gasteiger partial charge in [0.25, 0.3) is 0 Å². The van der Waals surface area contributed by atoms with Gasteiger partial charge in [0.2, 0.25) is 0 Å². The fraction of sp³-hybridized carbons (Fsp3) is 0. The highest BCUT2D eigenvalue weighted by molar-refractivity contribution is 6.28. The summed E-state index contributed by atoms with van der Waals surface area (Å²) in [5.41, 5.74) is 6.23. The molecule has 2 aromatic heterocycles. The van der Waals surface area contributed by atoms with E-state index in [9.17, 15) is 0 Å². The smallest absolute Gasteiger partial charge is 0.138 e. The summed E-state index contributed by atoms with van der Waals surface area (Å²) in [5, 5.41) is 9.47. The number of anilines is 6. The molecule has 0 bridgehead atoms. The van der Waals surface area contributed by atoms with Crippen molar-refractivity contribution in [3.8, 4) is 0 Å².